The topological polar surface area (TPSA) is 80.4 Å². The van der Waals surface area contributed by atoms with Crippen molar-refractivity contribution in [3.05, 3.63) is 23.9 Å². The molecule has 4 rings (SSSR count). The summed E-state index contributed by atoms with van der Waals surface area (Å²) in [6.07, 6.45) is -1.23. The Kier molecular flexibility index (Phi) is 5.20. The van der Waals surface area contributed by atoms with Crippen LogP contribution >= 0.6 is 0 Å². The third-order valence-electron chi connectivity index (χ3n) is 5.28. The third-order valence-corrected chi connectivity index (χ3v) is 5.28. The van der Waals surface area contributed by atoms with Gasteiger partial charge in [-0.05, 0) is 18.9 Å². The summed E-state index contributed by atoms with van der Waals surface area (Å²) in [5.41, 5.74) is 5.14. The highest BCUT2D eigenvalue weighted by Crippen LogP contribution is 2.36. The molecule has 7 nitrogen and oxygen atoms in total. The number of pyridine rings is 1. The Morgan fingerprint density at radius 2 is 1.97 bits per heavy atom. The molecule has 0 saturated carbocycles. The van der Waals surface area contributed by atoms with Gasteiger partial charge in [0, 0.05) is 44.0 Å². The zero-order valence-corrected chi connectivity index (χ0v) is 16.1. The number of halogens is 3. The maximum atomic E-state index is 13.3. The van der Waals surface area contributed by atoms with Crippen molar-refractivity contribution in [3.8, 4) is 11.3 Å². The zero-order chi connectivity index (χ0) is 20.6. The van der Waals surface area contributed by atoms with Crippen molar-refractivity contribution in [2.45, 2.75) is 32.0 Å². The van der Waals surface area contributed by atoms with Gasteiger partial charge in [0.05, 0.1) is 24.0 Å². The highest BCUT2D eigenvalue weighted by molar-refractivity contribution is 5.67. The van der Waals surface area contributed by atoms with Crippen LogP contribution in [0.5, 0.6) is 0 Å². The fourth-order valence-electron chi connectivity index (χ4n) is 3.41. The average molecular weight is 408 g/mol. The highest BCUT2D eigenvalue weighted by Gasteiger charge is 2.34. The van der Waals surface area contributed by atoms with Crippen molar-refractivity contribution >= 4 is 17.6 Å². The van der Waals surface area contributed by atoms with Gasteiger partial charge in [-0.15, -0.1) is 0 Å². The first-order valence-electron chi connectivity index (χ1n) is 9.69. The lowest BCUT2D eigenvalue weighted by atomic mass is 10.1. The summed E-state index contributed by atoms with van der Waals surface area (Å²) in [7, 11) is 0. The van der Waals surface area contributed by atoms with Crippen molar-refractivity contribution in [2.24, 2.45) is 0 Å². The molecule has 2 N–H and O–H groups in total. The van der Waals surface area contributed by atoms with E-state index >= 15 is 0 Å². The molecular weight excluding hydrogens is 385 g/mol. The molecule has 1 atom stereocenters. The van der Waals surface area contributed by atoms with Crippen LogP contribution in [0.15, 0.2) is 18.3 Å². The van der Waals surface area contributed by atoms with Crippen LogP contribution in [-0.4, -0.2) is 53.8 Å². The van der Waals surface area contributed by atoms with Crippen LogP contribution in [0.3, 0.4) is 0 Å². The molecule has 2 aliphatic heterocycles. The number of hydrogen-bond donors (Lipinski definition) is 1. The number of nitrogens with two attached hydrogens (primary N) is 1. The van der Waals surface area contributed by atoms with Crippen LogP contribution in [0.25, 0.3) is 11.3 Å². The second-order valence-corrected chi connectivity index (χ2v) is 7.25. The van der Waals surface area contributed by atoms with E-state index < -0.39 is 17.6 Å². The van der Waals surface area contributed by atoms with E-state index in [1.807, 2.05) is 4.90 Å². The van der Waals surface area contributed by atoms with Gasteiger partial charge in [0.2, 0.25) is 5.95 Å². The van der Waals surface area contributed by atoms with Crippen molar-refractivity contribution in [1.82, 2.24) is 15.0 Å². The Balaban J connectivity index is 1.75. The van der Waals surface area contributed by atoms with Gasteiger partial charge in [0.1, 0.15) is 11.6 Å². The Bertz CT molecular complexity index is 887. The maximum absolute atomic E-state index is 13.3. The Hall–Kier alpha value is -2.62. The smallest absolute Gasteiger partial charge is 0.383 e. The molecule has 2 aromatic rings. The SMILES string of the molecule is CC[C@H]1CN(c2cc(-c3cnc(N)c(C(F)(F)F)c3)nc(N3CCC3)n2)CCO1. The van der Waals surface area contributed by atoms with Crippen molar-refractivity contribution in [3.63, 3.8) is 0 Å². The molecule has 10 heteroatoms. The molecule has 2 saturated heterocycles. The number of hydrogen-bond acceptors (Lipinski definition) is 7. The van der Waals surface area contributed by atoms with Crippen molar-refractivity contribution in [1.29, 1.82) is 0 Å². The van der Waals surface area contributed by atoms with Gasteiger partial charge in [-0.2, -0.15) is 18.2 Å². The predicted octanol–water partition coefficient (Wildman–Crippen LogP) is 2.96. The molecule has 2 aliphatic rings. The first-order valence-corrected chi connectivity index (χ1v) is 9.69. The van der Waals surface area contributed by atoms with E-state index in [9.17, 15) is 13.2 Å². The van der Waals surface area contributed by atoms with Crippen LogP contribution in [0, 0.1) is 0 Å². The molecule has 2 fully saturated rings. The molecular formula is C19H23F3N6O. The van der Waals surface area contributed by atoms with Gasteiger partial charge in [0.25, 0.3) is 0 Å². The molecule has 0 spiro atoms. The molecule has 0 radical (unpaired) electrons. The van der Waals surface area contributed by atoms with Gasteiger partial charge >= 0.3 is 6.18 Å². The van der Waals surface area contributed by atoms with E-state index in [4.69, 9.17) is 10.5 Å². The first-order chi connectivity index (χ1) is 13.8. The minimum absolute atomic E-state index is 0.102. The van der Waals surface area contributed by atoms with Crippen LogP contribution in [0.2, 0.25) is 0 Å². The fraction of sp³-hybridized carbons (Fsp3) is 0.526. The summed E-state index contributed by atoms with van der Waals surface area (Å²) < 4.78 is 45.6. The van der Waals surface area contributed by atoms with Gasteiger partial charge in [-0.25, -0.2) is 9.97 Å². The molecule has 0 bridgehead atoms. The monoisotopic (exact) mass is 408 g/mol. The van der Waals surface area contributed by atoms with Crippen molar-refractivity contribution in [2.75, 3.05) is 48.3 Å². The van der Waals surface area contributed by atoms with Gasteiger partial charge in [0.15, 0.2) is 0 Å². The number of alkyl halides is 3. The number of nitrogen functional groups attached to an aromatic ring is 1. The standard InChI is InChI=1S/C19H23F3N6O/c1-2-13-11-28(6-7-29-13)16-9-15(25-18(26-16)27-4-3-5-27)12-8-14(19(20,21)22)17(23)24-10-12/h8-10,13H,2-7,11H2,1H3,(H2,23,24)/t13-/m0/s1. The lowest BCUT2D eigenvalue weighted by Gasteiger charge is -2.35. The Morgan fingerprint density at radius 3 is 2.62 bits per heavy atom. The summed E-state index contributed by atoms with van der Waals surface area (Å²) in [6.45, 7) is 5.65. The zero-order valence-electron chi connectivity index (χ0n) is 16.1. The summed E-state index contributed by atoms with van der Waals surface area (Å²) in [4.78, 5) is 17.1. The molecule has 2 aromatic heterocycles. The van der Waals surface area contributed by atoms with Gasteiger partial charge in [-0.3, -0.25) is 0 Å². The second kappa shape index (κ2) is 7.66. The number of anilines is 3. The molecule has 156 valence electrons. The van der Waals surface area contributed by atoms with Crippen LogP contribution in [0.4, 0.5) is 30.8 Å². The largest absolute Gasteiger partial charge is 0.419 e. The number of ether oxygens (including phenoxy) is 1. The lowest BCUT2D eigenvalue weighted by Crippen LogP contribution is -2.43. The molecule has 0 unspecified atom stereocenters. The number of rotatable bonds is 4. The first kappa shape index (κ1) is 19.7. The minimum Gasteiger partial charge on any atom is -0.383 e. The van der Waals surface area contributed by atoms with E-state index in [2.05, 4.69) is 26.8 Å². The number of morpholine rings is 1. The Morgan fingerprint density at radius 1 is 1.17 bits per heavy atom. The molecule has 0 aliphatic carbocycles. The van der Waals surface area contributed by atoms with Crippen LogP contribution in [-0.2, 0) is 10.9 Å². The van der Waals surface area contributed by atoms with Gasteiger partial charge < -0.3 is 20.3 Å². The quantitative estimate of drug-likeness (QED) is 0.833. The molecule has 4 heterocycles. The normalized spacial score (nSPS) is 19.9. The molecule has 29 heavy (non-hydrogen) atoms. The number of aromatic nitrogens is 3. The van der Waals surface area contributed by atoms with E-state index in [1.165, 1.54) is 6.20 Å². The summed E-state index contributed by atoms with van der Waals surface area (Å²) in [5.74, 6) is 0.662. The van der Waals surface area contributed by atoms with E-state index in [0.29, 0.717) is 37.2 Å². The van der Waals surface area contributed by atoms with E-state index in [-0.39, 0.29) is 11.7 Å². The highest BCUT2D eigenvalue weighted by atomic mass is 19.4. The molecule has 0 amide bonds. The van der Waals surface area contributed by atoms with Crippen LogP contribution in [0.1, 0.15) is 25.3 Å². The van der Waals surface area contributed by atoms with Crippen molar-refractivity contribution < 1.29 is 17.9 Å². The predicted molar refractivity (Wildman–Crippen MR) is 104 cm³/mol. The summed E-state index contributed by atoms with van der Waals surface area (Å²) >= 11 is 0. The summed E-state index contributed by atoms with van der Waals surface area (Å²) in [5, 5.41) is 0. The second-order valence-electron chi connectivity index (χ2n) is 7.25. The van der Waals surface area contributed by atoms with Gasteiger partial charge in [-0.1, -0.05) is 6.92 Å². The van der Waals surface area contributed by atoms with E-state index in [0.717, 1.165) is 32.0 Å². The van der Waals surface area contributed by atoms with E-state index in [1.54, 1.807) is 6.07 Å². The third kappa shape index (κ3) is 4.07. The Labute approximate surface area is 166 Å². The summed E-state index contributed by atoms with van der Waals surface area (Å²) in [6, 6.07) is 2.72. The minimum atomic E-state index is -4.58. The maximum Gasteiger partial charge on any atom is 0.419 e. The fourth-order valence-corrected chi connectivity index (χ4v) is 3.41. The average Bonchev–Trinajstić information content (AvgIpc) is 2.66. The van der Waals surface area contributed by atoms with Crippen LogP contribution < -0.4 is 15.5 Å². The molecule has 0 aromatic carbocycles. The number of nitrogens with zero attached hydrogens (tertiary/aromatic N) is 5. The lowest BCUT2D eigenvalue weighted by molar-refractivity contribution is -0.137.